The molecule has 5 nitrogen and oxygen atoms in total. The van der Waals surface area contributed by atoms with E-state index in [1.165, 1.54) is 0 Å². The van der Waals surface area contributed by atoms with Crippen LogP contribution in [0.2, 0.25) is 5.15 Å². The Kier molecular flexibility index (Phi) is 4.25. The molecular weight excluding hydrogens is 300 g/mol. The third kappa shape index (κ3) is 3.38. The Labute approximate surface area is 132 Å². The highest BCUT2D eigenvalue weighted by atomic mass is 35.5. The van der Waals surface area contributed by atoms with Crippen LogP contribution in [0.1, 0.15) is 11.3 Å². The van der Waals surface area contributed by atoms with Gasteiger partial charge in [-0.3, -0.25) is 9.78 Å². The lowest BCUT2D eigenvalue weighted by Crippen LogP contribution is -2.25. The van der Waals surface area contributed by atoms with Gasteiger partial charge in [-0.1, -0.05) is 29.8 Å². The van der Waals surface area contributed by atoms with Crippen molar-refractivity contribution in [2.45, 2.75) is 13.0 Å². The van der Waals surface area contributed by atoms with Crippen molar-refractivity contribution in [3.05, 3.63) is 65.2 Å². The lowest BCUT2D eigenvalue weighted by atomic mass is 10.2. The van der Waals surface area contributed by atoms with E-state index in [0.717, 1.165) is 11.1 Å². The van der Waals surface area contributed by atoms with Gasteiger partial charge in [0.1, 0.15) is 0 Å². The number of fused-ring (bicyclic) bond motifs is 1. The van der Waals surface area contributed by atoms with E-state index in [2.05, 4.69) is 20.3 Å². The summed E-state index contributed by atoms with van der Waals surface area (Å²) in [6.45, 7) is 0.422. The molecule has 0 fully saturated rings. The molecule has 3 rings (SSSR count). The molecule has 2 aromatic heterocycles. The summed E-state index contributed by atoms with van der Waals surface area (Å²) in [6.07, 6.45) is 3.50. The molecule has 0 saturated carbocycles. The van der Waals surface area contributed by atoms with Gasteiger partial charge in [0.15, 0.2) is 5.15 Å². The first-order chi connectivity index (χ1) is 10.7. The van der Waals surface area contributed by atoms with Gasteiger partial charge in [0.2, 0.25) is 5.91 Å². The van der Waals surface area contributed by atoms with Crippen LogP contribution in [0.4, 0.5) is 0 Å². The van der Waals surface area contributed by atoms with E-state index in [0.29, 0.717) is 17.8 Å². The standard InChI is InChI=1S/C16H13ClN4O/c17-16-14(20-12-5-1-2-6-13(12)21-16)8-15(22)19-10-11-4-3-7-18-9-11/h1-7,9H,8,10H2,(H,19,22). The minimum Gasteiger partial charge on any atom is -0.352 e. The fourth-order valence-corrected chi connectivity index (χ4v) is 2.25. The number of pyridine rings is 1. The zero-order valence-corrected chi connectivity index (χ0v) is 12.4. The fraction of sp³-hybridized carbons (Fsp3) is 0.125. The van der Waals surface area contributed by atoms with Crippen LogP contribution in [-0.2, 0) is 17.8 Å². The lowest BCUT2D eigenvalue weighted by Gasteiger charge is -2.07. The highest BCUT2D eigenvalue weighted by Gasteiger charge is 2.11. The molecule has 6 heteroatoms. The Hall–Kier alpha value is -2.53. The highest BCUT2D eigenvalue weighted by molar-refractivity contribution is 6.30. The van der Waals surface area contributed by atoms with Crippen molar-refractivity contribution in [2.24, 2.45) is 0 Å². The molecular formula is C16H13ClN4O. The van der Waals surface area contributed by atoms with Crippen molar-refractivity contribution < 1.29 is 4.79 Å². The van der Waals surface area contributed by atoms with E-state index in [9.17, 15) is 4.79 Å². The van der Waals surface area contributed by atoms with Gasteiger partial charge >= 0.3 is 0 Å². The molecule has 0 saturated heterocycles. The molecule has 0 bridgehead atoms. The second-order valence-electron chi connectivity index (χ2n) is 4.76. The Bertz CT molecular complexity index is 808. The van der Waals surface area contributed by atoms with E-state index in [4.69, 9.17) is 11.6 Å². The third-order valence-electron chi connectivity index (χ3n) is 3.13. The molecule has 110 valence electrons. The van der Waals surface area contributed by atoms with Gasteiger partial charge in [0, 0.05) is 18.9 Å². The van der Waals surface area contributed by atoms with E-state index in [-0.39, 0.29) is 17.5 Å². The highest BCUT2D eigenvalue weighted by Crippen LogP contribution is 2.17. The predicted molar refractivity (Wildman–Crippen MR) is 84.3 cm³/mol. The predicted octanol–water partition coefficient (Wildman–Crippen LogP) is 2.54. The number of carbonyl (C=O) groups is 1. The molecule has 2 heterocycles. The molecule has 3 aromatic rings. The number of benzene rings is 1. The molecule has 0 radical (unpaired) electrons. The van der Waals surface area contributed by atoms with Crippen LogP contribution in [0.3, 0.4) is 0 Å². The van der Waals surface area contributed by atoms with Crippen LogP contribution in [0.5, 0.6) is 0 Å². The SMILES string of the molecule is O=C(Cc1nc2ccccc2nc1Cl)NCc1cccnc1. The van der Waals surface area contributed by atoms with Crippen LogP contribution in [-0.4, -0.2) is 20.9 Å². The number of nitrogens with one attached hydrogen (secondary N) is 1. The number of rotatable bonds is 4. The second-order valence-corrected chi connectivity index (χ2v) is 5.12. The summed E-state index contributed by atoms with van der Waals surface area (Å²) < 4.78 is 0. The average Bonchev–Trinajstić information content (AvgIpc) is 2.55. The normalized spacial score (nSPS) is 10.6. The summed E-state index contributed by atoms with van der Waals surface area (Å²) >= 11 is 6.10. The Balaban J connectivity index is 1.70. The van der Waals surface area contributed by atoms with Crippen LogP contribution < -0.4 is 5.32 Å². The molecule has 0 aliphatic carbocycles. The molecule has 0 atom stereocenters. The van der Waals surface area contributed by atoms with E-state index >= 15 is 0 Å². The molecule has 0 unspecified atom stereocenters. The van der Waals surface area contributed by atoms with E-state index in [1.54, 1.807) is 12.4 Å². The van der Waals surface area contributed by atoms with Crippen molar-refractivity contribution in [3.63, 3.8) is 0 Å². The van der Waals surface area contributed by atoms with Gasteiger partial charge in [-0.25, -0.2) is 9.97 Å². The summed E-state index contributed by atoms with van der Waals surface area (Å²) in [6, 6.07) is 11.1. The van der Waals surface area contributed by atoms with Gasteiger partial charge in [-0.05, 0) is 23.8 Å². The molecule has 0 spiro atoms. The van der Waals surface area contributed by atoms with Gasteiger partial charge in [0.25, 0.3) is 0 Å². The van der Waals surface area contributed by atoms with Crippen LogP contribution in [0.25, 0.3) is 11.0 Å². The van der Waals surface area contributed by atoms with Crippen LogP contribution >= 0.6 is 11.6 Å². The maximum absolute atomic E-state index is 12.0. The number of nitrogens with zero attached hydrogens (tertiary/aromatic N) is 3. The first kappa shape index (κ1) is 14.4. The average molecular weight is 313 g/mol. The van der Waals surface area contributed by atoms with Gasteiger partial charge in [-0.15, -0.1) is 0 Å². The maximum Gasteiger partial charge on any atom is 0.226 e. The van der Waals surface area contributed by atoms with Crippen molar-refractivity contribution in [3.8, 4) is 0 Å². The summed E-state index contributed by atoms with van der Waals surface area (Å²) in [7, 11) is 0. The number of hydrogen-bond acceptors (Lipinski definition) is 4. The van der Waals surface area contributed by atoms with Crippen molar-refractivity contribution in [1.29, 1.82) is 0 Å². The van der Waals surface area contributed by atoms with Crippen LogP contribution in [0.15, 0.2) is 48.8 Å². The second kappa shape index (κ2) is 6.49. The third-order valence-corrected chi connectivity index (χ3v) is 3.44. The quantitative estimate of drug-likeness (QED) is 0.804. The van der Waals surface area contributed by atoms with Crippen molar-refractivity contribution in [1.82, 2.24) is 20.3 Å². The number of amides is 1. The minimum atomic E-state index is -0.157. The Morgan fingerprint density at radius 3 is 2.59 bits per heavy atom. The topological polar surface area (TPSA) is 67.8 Å². The van der Waals surface area contributed by atoms with Gasteiger partial charge < -0.3 is 5.32 Å². The maximum atomic E-state index is 12.0. The largest absolute Gasteiger partial charge is 0.352 e. The Morgan fingerprint density at radius 1 is 1.09 bits per heavy atom. The van der Waals surface area contributed by atoms with Gasteiger partial charge in [0.05, 0.1) is 23.1 Å². The van der Waals surface area contributed by atoms with Crippen molar-refractivity contribution in [2.75, 3.05) is 0 Å². The number of hydrogen-bond donors (Lipinski definition) is 1. The number of para-hydroxylation sites is 2. The monoisotopic (exact) mass is 312 g/mol. The van der Waals surface area contributed by atoms with Crippen molar-refractivity contribution >= 4 is 28.5 Å². The minimum absolute atomic E-state index is 0.0942. The first-order valence-electron chi connectivity index (χ1n) is 6.79. The summed E-state index contributed by atoms with van der Waals surface area (Å²) in [5, 5.41) is 3.08. The molecule has 0 aliphatic rings. The van der Waals surface area contributed by atoms with Crippen LogP contribution in [0, 0.1) is 0 Å². The number of carbonyl (C=O) groups excluding carboxylic acids is 1. The lowest BCUT2D eigenvalue weighted by molar-refractivity contribution is -0.120. The first-order valence-corrected chi connectivity index (χ1v) is 7.17. The van der Waals surface area contributed by atoms with E-state index < -0.39 is 0 Å². The van der Waals surface area contributed by atoms with E-state index in [1.807, 2.05) is 36.4 Å². The molecule has 1 N–H and O–H groups in total. The number of halogens is 1. The smallest absolute Gasteiger partial charge is 0.226 e. The summed E-state index contributed by atoms with van der Waals surface area (Å²) in [4.78, 5) is 24.7. The zero-order valence-electron chi connectivity index (χ0n) is 11.7. The Morgan fingerprint density at radius 2 is 1.86 bits per heavy atom. The molecule has 1 amide bonds. The zero-order chi connectivity index (χ0) is 15.4. The number of aromatic nitrogens is 3. The molecule has 22 heavy (non-hydrogen) atoms. The fourth-order valence-electron chi connectivity index (χ4n) is 2.05. The summed E-state index contributed by atoms with van der Waals surface area (Å²) in [5.41, 5.74) is 2.85. The molecule has 1 aromatic carbocycles. The summed E-state index contributed by atoms with van der Waals surface area (Å²) in [5.74, 6) is -0.157. The molecule has 0 aliphatic heterocycles. The van der Waals surface area contributed by atoms with Gasteiger partial charge in [-0.2, -0.15) is 0 Å².